The number of hydrogen-bond donors (Lipinski definition) is 1. The number of anilines is 1. The van der Waals surface area contributed by atoms with Crippen molar-refractivity contribution in [1.82, 2.24) is 19.9 Å². The Hall–Kier alpha value is -3.60. The Bertz CT molecular complexity index is 1410. The number of nitrogens with one attached hydrogen (secondary N) is 1. The summed E-state index contributed by atoms with van der Waals surface area (Å²) in [6.07, 6.45) is 7.35. The van der Waals surface area contributed by atoms with Crippen molar-refractivity contribution in [3.05, 3.63) is 53.5 Å². The lowest BCUT2D eigenvalue weighted by Crippen LogP contribution is -2.16. The van der Waals surface area contributed by atoms with Crippen LogP contribution in [0, 0.1) is 0 Å². The number of benzene rings is 1. The van der Waals surface area contributed by atoms with Crippen molar-refractivity contribution >= 4 is 26.8 Å². The van der Waals surface area contributed by atoms with Crippen molar-refractivity contribution in [2.24, 2.45) is 0 Å². The van der Waals surface area contributed by atoms with Gasteiger partial charge in [-0.2, -0.15) is 5.10 Å². The Morgan fingerprint density at radius 1 is 1.12 bits per heavy atom. The number of sulfonamides is 1. The van der Waals surface area contributed by atoms with Crippen LogP contribution < -0.4 is 14.2 Å². The van der Waals surface area contributed by atoms with Gasteiger partial charge in [0.15, 0.2) is 11.4 Å². The second kappa shape index (κ2) is 8.39. The van der Waals surface area contributed by atoms with E-state index in [2.05, 4.69) is 20.0 Å². The molecule has 0 radical (unpaired) electrons. The number of rotatable bonds is 7. The summed E-state index contributed by atoms with van der Waals surface area (Å²) in [5.41, 5.74) is 3.12. The number of ether oxygens (including phenoxy) is 2. The van der Waals surface area contributed by atoms with Crippen LogP contribution in [0.4, 0.5) is 5.82 Å². The summed E-state index contributed by atoms with van der Waals surface area (Å²) in [6, 6.07) is 7.00. The second-order valence-corrected chi connectivity index (χ2v) is 9.47. The van der Waals surface area contributed by atoms with Crippen LogP contribution in [0.3, 0.4) is 0 Å². The van der Waals surface area contributed by atoms with E-state index in [0.717, 1.165) is 36.8 Å². The summed E-state index contributed by atoms with van der Waals surface area (Å²) in [7, 11) is -1.10. The fourth-order valence-corrected chi connectivity index (χ4v) is 5.34. The number of fused-ring (bicyclic) bond motifs is 2. The summed E-state index contributed by atoms with van der Waals surface area (Å²) >= 11 is 0. The van der Waals surface area contributed by atoms with Crippen molar-refractivity contribution in [2.75, 3.05) is 18.9 Å². The predicted octanol–water partition coefficient (Wildman–Crippen LogP) is 3.16. The van der Waals surface area contributed by atoms with E-state index < -0.39 is 10.0 Å². The summed E-state index contributed by atoms with van der Waals surface area (Å²) in [5, 5.41) is 8.45. The van der Waals surface area contributed by atoms with Crippen LogP contribution in [0.5, 0.6) is 11.6 Å². The van der Waals surface area contributed by atoms with Gasteiger partial charge in [0.2, 0.25) is 5.88 Å². The monoisotopic (exact) mass is 469 g/mol. The van der Waals surface area contributed by atoms with Crippen molar-refractivity contribution in [2.45, 2.75) is 37.1 Å². The zero-order valence-corrected chi connectivity index (χ0v) is 19.1. The molecule has 0 saturated carbocycles. The zero-order chi connectivity index (χ0) is 23.0. The van der Waals surface area contributed by atoms with Gasteiger partial charge in [-0.05, 0) is 55.0 Å². The predicted molar refractivity (Wildman–Crippen MR) is 120 cm³/mol. The van der Waals surface area contributed by atoms with Gasteiger partial charge in [-0.1, -0.05) is 5.16 Å². The second-order valence-electron chi connectivity index (χ2n) is 7.82. The van der Waals surface area contributed by atoms with Gasteiger partial charge in [0.1, 0.15) is 16.0 Å². The smallest absolute Gasteiger partial charge is 0.266 e. The van der Waals surface area contributed by atoms with Gasteiger partial charge in [-0.25, -0.2) is 13.4 Å². The molecule has 0 fully saturated rings. The van der Waals surface area contributed by atoms with E-state index in [9.17, 15) is 8.42 Å². The molecule has 11 heteroatoms. The molecule has 3 heterocycles. The Kier molecular flexibility index (Phi) is 5.41. The standard InChI is InChI=1S/C22H23N5O5S/c1-30-17-10-14-6-3-4-7-15(14)11-19(17)33(28,29)26-21-20-18(32-25-21)12-16(24-22(20)31-2)13-27-9-5-8-23-27/h5,8-12H,3-4,6-7,13H2,1-2H3,(H,25,26). The maximum absolute atomic E-state index is 13.3. The summed E-state index contributed by atoms with van der Waals surface area (Å²) in [6.45, 7) is 0.396. The number of aromatic nitrogens is 4. The minimum Gasteiger partial charge on any atom is -0.495 e. The molecular weight excluding hydrogens is 446 g/mol. The molecule has 1 aromatic carbocycles. The molecule has 1 N–H and O–H groups in total. The molecule has 10 nitrogen and oxygen atoms in total. The lowest BCUT2D eigenvalue weighted by molar-refractivity contribution is 0.400. The van der Waals surface area contributed by atoms with E-state index in [1.54, 1.807) is 23.0 Å². The van der Waals surface area contributed by atoms with Gasteiger partial charge in [-0.3, -0.25) is 9.40 Å². The van der Waals surface area contributed by atoms with Crippen LogP contribution in [-0.4, -0.2) is 42.6 Å². The van der Waals surface area contributed by atoms with E-state index >= 15 is 0 Å². The maximum atomic E-state index is 13.3. The quantitative estimate of drug-likeness (QED) is 0.438. The number of nitrogens with zero attached hydrogens (tertiary/aromatic N) is 4. The molecule has 0 bridgehead atoms. The maximum Gasteiger partial charge on any atom is 0.266 e. The highest BCUT2D eigenvalue weighted by atomic mass is 32.2. The molecule has 0 atom stereocenters. The van der Waals surface area contributed by atoms with Crippen LogP contribution in [0.15, 0.2) is 46.1 Å². The first-order chi connectivity index (χ1) is 16.0. The van der Waals surface area contributed by atoms with Gasteiger partial charge < -0.3 is 14.0 Å². The Balaban J connectivity index is 1.52. The molecular formula is C22H23N5O5S. The molecule has 0 saturated heterocycles. The number of methoxy groups -OCH3 is 2. The largest absolute Gasteiger partial charge is 0.495 e. The summed E-state index contributed by atoms with van der Waals surface area (Å²) in [5.74, 6) is 0.494. The molecule has 0 aliphatic heterocycles. The molecule has 172 valence electrons. The first-order valence-corrected chi connectivity index (χ1v) is 12.0. The molecule has 4 aromatic rings. The first kappa shape index (κ1) is 21.3. The van der Waals surface area contributed by atoms with E-state index in [1.165, 1.54) is 14.2 Å². The number of aryl methyl sites for hydroxylation is 2. The van der Waals surface area contributed by atoms with Gasteiger partial charge in [0.05, 0.1) is 26.5 Å². The Labute approximate surface area is 190 Å². The zero-order valence-electron chi connectivity index (χ0n) is 18.2. The molecule has 1 aliphatic rings. The SMILES string of the molecule is COc1cc2c(cc1S(=O)(=O)Nc1noc3cc(Cn4cccn4)nc(OC)c13)CCCC2. The van der Waals surface area contributed by atoms with E-state index in [0.29, 0.717) is 29.0 Å². The van der Waals surface area contributed by atoms with Crippen molar-refractivity contribution in [1.29, 1.82) is 0 Å². The van der Waals surface area contributed by atoms with E-state index in [-0.39, 0.29) is 16.6 Å². The first-order valence-electron chi connectivity index (χ1n) is 10.5. The highest BCUT2D eigenvalue weighted by Crippen LogP contribution is 2.36. The fourth-order valence-electron chi connectivity index (χ4n) is 4.13. The molecule has 1 aliphatic carbocycles. The van der Waals surface area contributed by atoms with Gasteiger partial charge >= 0.3 is 0 Å². The molecule has 0 unspecified atom stereocenters. The lowest BCUT2D eigenvalue weighted by Gasteiger charge is -2.19. The fraction of sp³-hybridized carbons (Fsp3) is 0.318. The molecule has 3 aromatic heterocycles. The third-order valence-corrected chi connectivity index (χ3v) is 7.06. The number of pyridine rings is 1. The van der Waals surface area contributed by atoms with Crippen molar-refractivity contribution < 1.29 is 22.4 Å². The van der Waals surface area contributed by atoms with Gasteiger partial charge in [0, 0.05) is 18.5 Å². The normalized spacial score (nSPS) is 13.6. The lowest BCUT2D eigenvalue weighted by atomic mass is 9.92. The van der Waals surface area contributed by atoms with Crippen LogP contribution in [0.2, 0.25) is 0 Å². The average molecular weight is 470 g/mol. The highest BCUT2D eigenvalue weighted by Gasteiger charge is 2.27. The van der Waals surface area contributed by atoms with Gasteiger partial charge in [0.25, 0.3) is 10.0 Å². The number of hydrogen-bond acceptors (Lipinski definition) is 8. The van der Waals surface area contributed by atoms with Crippen LogP contribution >= 0.6 is 0 Å². The third kappa shape index (κ3) is 3.99. The Morgan fingerprint density at radius 3 is 2.61 bits per heavy atom. The third-order valence-electron chi connectivity index (χ3n) is 5.70. The van der Waals surface area contributed by atoms with Crippen molar-refractivity contribution in [3.8, 4) is 11.6 Å². The summed E-state index contributed by atoms with van der Waals surface area (Å²) < 4.78 is 47.2. The minimum atomic E-state index is -4.02. The molecule has 5 rings (SSSR count). The van der Waals surface area contributed by atoms with Crippen LogP contribution in [0.1, 0.15) is 29.7 Å². The molecule has 0 amide bonds. The molecule has 0 spiro atoms. The average Bonchev–Trinajstić information content (AvgIpc) is 3.47. The van der Waals surface area contributed by atoms with E-state index in [1.807, 2.05) is 18.3 Å². The summed E-state index contributed by atoms with van der Waals surface area (Å²) in [4.78, 5) is 4.54. The van der Waals surface area contributed by atoms with E-state index in [4.69, 9.17) is 14.0 Å². The minimum absolute atomic E-state index is 0.000220. The highest BCUT2D eigenvalue weighted by molar-refractivity contribution is 7.92. The molecule has 33 heavy (non-hydrogen) atoms. The van der Waals surface area contributed by atoms with Crippen LogP contribution in [-0.2, 0) is 29.4 Å². The van der Waals surface area contributed by atoms with Crippen molar-refractivity contribution in [3.63, 3.8) is 0 Å². The Morgan fingerprint density at radius 2 is 1.91 bits per heavy atom. The topological polar surface area (TPSA) is 121 Å². The van der Waals surface area contributed by atoms with Crippen LogP contribution in [0.25, 0.3) is 11.0 Å². The van der Waals surface area contributed by atoms with Gasteiger partial charge in [-0.15, -0.1) is 0 Å².